The van der Waals surface area contributed by atoms with E-state index in [0.717, 1.165) is 11.3 Å². The summed E-state index contributed by atoms with van der Waals surface area (Å²) in [6.07, 6.45) is 0.874. The molecule has 1 atom stereocenters. The molecule has 1 amide bonds. The number of amides is 1. The first-order chi connectivity index (χ1) is 12.1. The summed E-state index contributed by atoms with van der Waals surface area (Å²) < 4.78 is 1.53. The highest BCUT2D eigenvalue weighted by Gasteiger charge is 2.11. The number of aliphatic hydroxyl groups excluding tert-OH is 1. The molecule has 1 heterocycles. The Labute approximate surface area is 144 Å². The van der Waals surface area contributed by atoms with Gasteiger partial charge in [-0.1, -0.05) is 30.3 Å². The van der Waals surface area contributed by atoms with Crippen LogP contribution in [0.15, 0.2) is 65.6 Å². The molecule has 6 nitrogen and oxygen atoms in total. The van der Waals surface area contributed by atoms with E-state index in [1.807, 2.05) is 37.3 Å². The molecule has 6 heteroatoms. The molecule has 3 rings (SSSR count). The molecule has 25 heavy (non-hydrogen) atoms. The van der Waals surface area contributed by atoms with Gasteiger partial charge in [-0.2, -0.15) is 0 Å². The normalized spacial score (nSPS) is 11.9. The highest BCUT2D eigenvalue weighted by molar-refractivity contribution is 5.94. The van der Waals surface area contributed by atoms with Crippen molar-refractivity contribution < 1.29 is 9.90 Å². The predicted octanol–water partition coefficient (Wildman–Crippen LogP) is 1.94. The number of nitrogens with zero attached hydrogens (tertiary/aromatic N) is 1. The maximum atomic E-state index is 12.2. The van der Waals surface area contributed by atoms with Crippen LogP contribution >= 0.6 is 0 Å². The first-order valence-electron chi connectivity index (χ1n) is 7.95. The molecule has 3 aromatic rings. The van der Waals surface area contributed by atoms with Gasteiger partial charge in [-0.05, 0) is 36.8 Å². The van der Waals surface area contributed by atoms with Gasteiger partial charge in [-0.15, -0.1) is 0 Å². The lowest BCUT2D eigenvalue weighted by molar-refractivity contribution is 0.0916. The molecular formula is C19H19N3O3. The maximum absolute atomic E-state index is 12.2. The van der Waals surface area contributed by atoms with Crippen LogP contribution in [0.4, 0.5) is 0 Å². The molecule has 0 aliphatic carbocycles. The molecule has 2 aromatic carbocycles. The second-order valence-electron chi connectivity index (χ2n) is 5.75. The third-order valence-electron chi connectivity index (χ3n) is 3.99. The van der Waals surface area contributed by atoms with Crippen molar-refractivity contribution in [3.05, 3.63) is 88.1 Å². The lowest BCUT2D eigenvalue weighted by Gasteiger charge is -2.12. The number of carbonyl (C=O) groups excluding carboxylic acids is 1. The number of rotatable bonds is 5. The fourth-order valence-corrected chi connectivity index (χ4v) is 2.62. The van der Waals surface area contributed by atoms with E-state index < -0.39 is 6.10 Å². The summed E-state index contributed by atoms with van der Waals surface area (Å²) in [5.74, 6) is -0.278. The van der Waals surface area contributed by atoms with E-state index in [9.17, 15) is 14.7 Å². The van der Waals surface area contributed by atoms with Gasteiger partial charge in [0, 0.05) is 24.0 Å². The third kappa shape index (κ3) is 3.70. The number of carbonyl (C=O) groups is 1. The average molecular weight is 337 g/mol. The zero-order valence-corrected chi connectivity index (χ0v) is 13.8. The minimum Gasteiger partial charge on any atom is -0.387 e. The number of aromatic amines is 1. The van der Waals surface area contributed by atoms with Crippen LogP contribution in [-0.2, 0) is 0 Å². The van der Waals surface area contributed by atoms with E-state index in [0.29, 0.717) is 11.3 Å². The quantitative estimate of drug-likeness (QED) is 0.665. The Morgan fingerprint density at radius 1 is 1.16 bits per heavy atom. The SMILES string of the molecule is Cc1c[nH]c(=O)n1-c1ccc(C(=O)NCC(O)c2ccccc2)cc1. The Bertz CT molecular complexity index is 911. The maximum Gasteiger partial charge on any atom is 0.330 e. The average Bonchev–Trinajstić information content (AvgIpc) is 2.98. The number of hydrogen-bond acceptors (Lipinski definition) is 3. The monoisotopic (exact) mass is 337 g/mol. The summed E-state index contributed by atoms with van der Waals surface area (Å²) in [7, 11) is 0. The number of H-pyrrole nitrogens is 1. The van der Waals surface area contributed by atoms with E-state index in [4.69, 9.17) is 0 Å². The summed E-state index contributed by atoms with van der Waals surface area (Å²) >= 11 is 0. The first kappa shape index (κ1) is 16.7. The van der Waals surface area contributed by atoms with E-state index >= 15 is 0 Å². The summed E-state index contributed by atoms with van der Waals surface area (Å²) in [4.78, 5) is 26.6. The van der Waals surface area contributed by atoms with E-state index in [2.05, 4.69) is 10.3 Å². The Morgan fingerprint density at radius 2 is 1.84 bits per heavy atom. The number of aryl methyl sites for hydroxylation is 1. The van der Waals surface area contributed by atoms with Gasteiger partial charge in [0.1, 0.15) is 0 Å². The summed E-state index contributed by atoms with van der Waals surface area (Å²) in [5, 5.41) is 12.8. The number of aliphatic hydroxyl groups is 1. The molecule has 0 aliphatic heterocycles. The molecule has 1 unspecified atom stereocenters. The Balaban J connectivity index is 1.66. The minimum atomic E-state index is -0.759. The van der Waals surface area contributed by atoms with Gasteiger partial charge >= 0.3 is 5.69 Å². The fraction of sp³-hybridized carbons (Fsp3) is 0.158. The number of benzene rings is 2. The van der Waals surface area contributed by atoms with Gasteiger partial charge in [0.05, 0.1) is 11.8 Å². The third-order valence-corrected chi connectivity index (χ3v) is 3.99. The van der Waals surface area contributed by atoms with Crippen LogP contribution in [0.25, 0.3) is 5.69 Å². The lowest BCUT2D eigenvalue weighted by Crippen LogP contribution is -2.28. The standard InChI is InChI=1S/C19H19N3O3/c1-13-11-21-19(25)22(13)16-9-7-15(8-10-16)18(24)20-12-17(23)14-5-3-2-4-6-14/h2-11,17,23H,12H2,1H3,(H,20,24)(H,21,25). The summed E-state index contributed by atoms with van der Waals surface area (Å²) in [6, 6.07) is 15.9. The Morgan fingerprint density at radius 3 is 2.44 bits per heavy atom. The van der Waals surface area contributed by atoms with E-state index in [-0.39, 0.29) is 18.1 Å². The van der Waals surface area contributed by atoms with Gasteiger partial charge < -0.3 is 15.4 Å². The van der Waals surface area contributed by atoms with Gasteiger partial charge in [0.2, 0.25) is 0 Å². The Hall–Kier alpha value is -3.12. The topological polar surface area (TPSA) is 87.1 Å². The van der Waals surface area contributed by atoms with E-state index in [1.54, 1.807) is 30.5 Å². The van der Waals surface area contributed by atoms with Crippen molar-refractivity contribution in [3.63, 3.8) is 0 Å². The van der Waals surface area contributed by atoms with Crippen molar-refractivity contribution >= 4 is 5.91 Å². The minimum absolute atomic E-state index is 0.126. The van der Waals surface area contributed by atoms with Crippen LogP contribution in [0.2, 0.25) is 0 Å². The summed E-state index contributed by atoms with van der Waals surface area (Å²) in [5.41, 5.74) is 2.46. The van der Waals surface area contributed by atoms with Crippen molar-refractivity contribution in [1.29, 1.82) is 0 Å². The van der Waals surface area contributed by atoms with Crippen molar-refractivity contribution in [1.82, 2.24) is 14.9 Å². The lowest BCUT2D eigenvalue weighted by atomic mass is 10.1. The molecule has 0 saturated carbocycles. The molecule has 1 aromatic heterocycles. The van der Waals surface area contributed by atoms with Crippen molar-refractivity contribution in [2.75, 3.05) is 6.54 Å². The van der Waals surface area contributed by atoms with Crippen LogP contribution in [0.3, 0.4) is 0 Å². The highest BCUT2D eigenvalue weighted by Crippen LogP contribution is 2.12. The van der Waals surface area contributed by atoms with Gasteiger partial charge in [0.25, 0.3) is 5.91 Å². The molecule has 3 N–H and O–H groups in total. The molecule has 0 spiro atoms. The van der Waals surface area contributed by atoms with Crippen LogP contribution in [0.1, 0.15) is 27.7 Å². The second kappa shape index (κ2) is 7.19. The van der Waals surface area contributed by atoms with Gasteiger partial charge in [0.15, 0.2) is 0 Å². The fourth-order valence-electron chi connectivity index (χ4n) is 2.62. The number of nitrogens with one attached hydrogen (secondary N) is 2. The molecule has 0 bridgehead atoms. The zero-order chi connectivity index (χ0) is 17.8. The zero-order valence-electron chi connectivity index (χ0n) is 13.8. The first-order valence-corrected chi connectivity index (χ1v) is 7.95. The van der Waals surface area contributed by atoms with Crippen LogP contribution in [0, 0.1) is 6.92 Å². The summed E-state index contributed by atoms with van der Waals surface area (Å²) in [6.45, 7) is 1.95. The van der Waals surface area contributed by atoms with Gasteiger partial charge in [-0.3, -0.25) is 9.36 Å². The van der Waals surface area contributed by atoms with Gasteiger partial charge in [-0.25, -0.2) is 4.79 Å². The molecule has 0 saturated heterocycles. The number of hydrogen-bond donors (Lipinski definition) is 3. The second-order valence-corrected chi connectivity index (χ2v) is 5.75. The molecule has 0 aliphatic rings. The van der Waals surface area contributed by atoms with Crippen molar-refractivity contribution in [3.8, 4) is 5.69 Å². The van der Waals surface area contributed by atoms with Crippen LogP contribution in [-0.4, -0.2) is 27.1 Å². The van der Waals surface area contributed by atoms with Crippen molar-refractivity contribution in [2.24, 2.45) is 0 Å². The molecule has 0 fully saturated rings. The molecule has 128 valence electrons. The van der Waals surface area contributed by atoms with Crippen molar-refractivity contribution in [2.45, 2.75) is 13.0 Å². The number of aromatic nitrogens is 2. The molecule has 0 radical (unpaired) electrons. The van der Waals surface area contributed by atoms with Crippen LogP contribution < -0.4 is 11.0 Å². The predicted molar refractivity (Wildman–Crippen MR) is 94.9 cm³/mol. The Kier molecular flexibility index (Phi) is 4.81. The smallest absolute Gasteiger partial charge is 0.330 e. The number of imidazole rings is 1. The van der Waals surface area contributed by atoms with Crippen LogP contribution in [0.5, 0.6) is 0 Å². The highest BCUT2D eigenvalue weighted by atomic mass is 16.3. The van der Waals surface area contributed by atoms with E-state index in [1.165, 1.54) is 4.57 Å². The molecular weight excluding hydrogens is 318 g/mol. The largest absolute Gasteiger partial charge is 0.387 e.